The largest absolute Gasteiger partial charge is 0.462 e. The summed E-state index contributed by atoms with van der Waals surface area (Å²) in [5.74, 6) is -0.869. The lowest BCUT2D eigenvalue weighted by molar-refractivity contribution is -0.167. The molecule has 0 aromatic rings. The Hall–Kier alpha value is -2.89. The number of unbranched alkanes of at least 4 members (excludes halogenated alkanes) is 47. The summed E-state index contributed by atoms with van der Waals surface area (Å²) in [7, 11) is 0. The van der Waals surface area contributed by atoms with Crippen molar-refractivity contribution in [3.63, 3.8) is 0 Å². The third-order valence-corrected chi connectivity index (χ3v) is 16.5. The van der Waals surface area contributed by atoms with Crippen molar-refractivity contribution in [1.82, 2.24) is 0 Å². The fraction of sp³-hybridized carbons (Fsp3) is 0.831. The molecule has 0 bridgehead atoms. The highest BCUT2D eigenvalue weighted by atomic mass is 16.6. The standard InChI is InChI=1S/C77H140O6/c1-4-7-10-13-16-19-22-25-28-30-32-34-36-37-38-39-41-42-44-46-49-52-55-58-61-64-67-70-76(79)82-73-74(72-81-75(78)69-66-63-60-57-54-51-48-27-24-21-18-15-12-9-6-3)83-77(80)71-68-65-62-59-56-53-50-47-45-43-40-35-33-31-29-26-23-20-17-14-11-8-5-2/h23,26-27,30-33,40,43,48,74H,4-22,24-25,28-29,34-39,41-42,44-47,49-73H2,1-3H3/b26-23-,32-30-,33-31-,43-40-,48-27-. The Balaban J connectivity index is 4.29. The maximum atomic E-state index is 13.0. The maximum absolute atomic E-state index is 13.0. The van der Waals surface area contributed by atoms with Gasteiger partial charge in [0.05, 0.1) is 0 Å². The van der Waals surface area contributed by atoms with Crippen LogP contribution < -0.4 is 0 Å². The minimum Gasteiger partial charge on any atom is -0.462 e. The average molecular weight is 1160 g/mol. The summed E-state index contributed by atoms with van der Waals surface area (Å²) >= 11 is 0. The monoisotopic (exact) mass is 1160 g/mol. The Morgan fingerprint density at radius 2 is 0.434 bits per heavy atom. The van der Waals surface area contributed by atoms with Crippen molar-refractivity contribution in [3.05, 3.63) is 60.8 Å². The molecule has 83 heavy (non-hydrogen) atoms. The minimum absolute atomic E-state index is 0.0767. The first-order chi connectivity index (χ1) is 41.0. The highest BCUT2D eigenvalue weighted by molar-refractivity contribution is 5.71. The number of hydrogen-bond donors (Lipinski definition) is 0. The fourth-order valence-corrected chi connectivity index (χ4v) is 10.9. The maximum Gasteiger partial charge on any atom is 0.306 e. The number of carbonyl (C=O) groups excluding carboxylic acids is 3. The number of allylic oxidation sites excluding steroid dienone is 10. The van der Waals surface area contributed by atoms with Crippen molar-refractivity contribution in [2.75, 3.05) is 13.2 Å². The van der Waals surface area contributed by atoms with Gasteiger partial charge in [0.1, 0.15) is 13.2 Å². The Bertz CT molecular complexity index is 1470. The van der Waals surface area contributed by atoms with Crippen LogP contribution in [0.4, 0.5) is 0 Å². The van der Waals surface area contributed by atoms with Gasteiger partial charge in [0.25, 0.3) is 0 Å². The molecule has 0 aliphatic heterocycles. The van der Waals surface area contributed by atoms with Gasteiger partial charge in [-0.05, 0) is 109 Å². The second-order valence-corrected chi connectivity index (χ2v) is 24.8. The van der Waals surface area contributed by atoms with Crippen molar-refractivity contribution in [2.24, 2.45) is 0 Å². The lowest BCUT2D eigenvalue weighted by Crippen LogP contribution is -2.30. The van der Waals surface area contributed by atoms with Crippen LogP contribution in [-0.2, 0) is 28.6 Å². The zero-order valence-corrected chi connectivity index (χ0v) is 55.7. The van der Waals surface area contributed by atoms with Crippen LogP contribution >= 0.6 is 0 Å². The van der Waals surface area contributed by atoms with Crippen LogP contribution in [0, 0.1) is 0 Å². The summed E-state index contributed by atoms with van der Waals surface area (Å²) < 4.78 is 17.0. The average Bonchev–Trinajstić information content (AvgIpc) is 3.49. The molecule has 0 N–H and O–H groups in total. The Morgan fingerprint density at radius 1 is 0.241 bits per heavy atom. The van der Waals surface area contributed by atoms with E-state index in [0.29, 0.717) is 19.3 Å². The van der Waals surface area contributed by atoms with E-state index in [9.17, 15) is 14.4 Å². The van der Waals surface area contributed by atoms with Gasteiger partial charge in [-0.25, -0.2) is 0 Å². The van der Waals surface area contributed by atoms with E-state index < -0.39 is 6.10 Å². The molecule has 0 aromatic carbocycles. The number of esters is 3. The predicted molar refractivity (Wildman–Crippen MR) is 362 cm³/mol. The summed E-state index contributed by atoms with van der Waals surface area (Å²) in [6, 6.07) is 0. The van der Waals surface area contributed by atoms with Crippen LogP contribution in [0.1, 0.15) is 393 Å². The molecule has 6 heteroatoms. The van der Waals surface area contributed by atoms with E-state index in [1.807, 2.05) is 0 Å². The third kappa shape index (κ3) is 69.8. The zero-order valence-electron chi connectivity index (χ0n) is 55.7. The SMILES string of the molecule is CCCCCCC/C=C\C/C=C\C/C=C\CCCCCCCCCCC(=O)OC(COC(=O)CCCCCCC/C=C\CCCCCCCC)COC(=O)CCCCCCCCCCCCCCCCC/C=C\CCCCCCCCCC. The lowest BCUT2D eigenvalue weighted by Gasteiger charge is -2.18. The summed E-state index contributed by atoms with van der Waals surface area (Å²) in [6.07, 6.45) is 92.5. The van der Waals surface area contributed by atoms with Crippen molar-refractivity contribution in [3.8, 4) is 0 Å². The number of ether oxygens (including phenoxy) is 3. The second-order valence-electron chi connectivity index (χ2n) is 24.8. The van der Waals surface area contributed by atoms with Crippen LogP contribution in [-0.4, -0.2) is 37.2 Å². The van der Waals surface area contributed by atoms with Gasteiger partial charge in [0, 0.05) is 19.3 Å². The molecule has 0 fully saturated rings. The van der Waals surface area contributed by atoms with E-state index in [1.165, 1.54) is 270 Å². The van der Waals surface area contributed by atoms with Gasteiger partial charge in [-0.2, -0.15) is 0 Å². The summed E-state index contributed by atoms with van der Waals surface area (Å²) in [6.45, 7) is 6.67. The van der Waals surface area contributed by atoms with Crippen LogP contribution in [0.5, 0.6) is 0 Å². The van der Waals surface area contributed by atoms with Gasteiger partial charge in [-0.1, -0.05) is 326 Å². The minimum atomic E-state index is -0.783. The topological polar surface area (TPSA) is 78.9 Å². The van der Waals surface area contributed by atoms with Crippen molar-refractivity contribution in [1.29, 1.82) is 0 Å². The molecule has 1 unspecified atom stereocenters. The molecule has 0 heterocycles. The predicted octanol–water partition coefficient (Wildman–Crippen LogP) is 25.5. The van der Waals surface area contributed by atoms with E-state index in [2.05, 4.69) is 81.5 Å². The van der Waals surface area contributed by atoms with Crippen molar-refractivity contribution < 1.29 is 28.6 Å². The summed E-state index contributed by atoms with van der Waals surface area (Å²) in [4.78, 5) is 38.5. The molecule has 6 nitrogen and oxygen atoms in total. The van der Waals surface area contributed by atoms with Gasteiger partial charge in [0.2, 0.25) is 0 Å². The first-order valence-corrected chi connectivity index (χ1v) is 36.8. The Morgan fingerprint density at radius 3 is 0.687 bits per heavy atom. The molecule has 0 aliphatic carbocycles. The Kier molecular flexibility index (Phi) is 69.1. The molecule has 0 rings (SSSR count). The molecule has 484 valence electrons. The lowest BCUT2D eigenvalue weighted by atomic mass is 10.0. The highest BCUT2D eigenvalue weighted by Crippen LogP contribution is 2.18. The smallest absolute Gasteiger partial charge is 0.306 e. The van der Waals surface area contributed by atoms with Crippen LogP contribution in [0.2, 0.25) is 0 Å². The summed E-state index contributed by atoms with van der Waals surface area (Å²) in [5.41, 5.74) is 0. The van der Waals surface area contributed by atoms with Gasteiger partial charge >= 0.3 is 17.9 Å². The number of carbonyl (C=O) groups is 3. The van der Waals surface area contributed by atoms with Crippen LogP contribution in [0.25, 0.3) is 0 Å². The van der Waals surface area contributed by atoms with Crippen molar-refractivity contribution in [2.45, 2.75) is 399 Å². The van der Waals surface area contributed by atoms with E-state index in [4.69, 9.17) is 14.2 Å². The molecule has 0 amide bonds. The van der Waals surface area contributed by atoms with Crippen LogP contribution in [0.3, 0.4) is 0 Å². The first-order valence-electron chi connectivity index (χ1n) is 36.8. The zero-order chi connectivity index (χ0) is 59.9. The number of rotatable bonds is 68. The van der Waals surface area contributed by atoms with Gasteiger partial charge in [-0.15, -0.1) is 0 Å². The van der Waals surface area contributed by atoms with Crippen molar-refractivity contribution >= 4 is 17.9 Å². The normalized spacial score (nSPS) is 12.4. The quantitative estimate of drug-likeness (QED) is 0.0261. The number of hydrogen-bond acceptors (Lipinski definition) is 6. The van der Waals surface area contributed by atoms with E-state index in [-0.39, 0.29) is 31.1 Å². The van der Waals surface area contributed by atoms with E-state index >= 15 is 0 Å². The first kappa shape index (κ1) is 80.1. The molecular formula is C77H140O6. The molecule has 0 saturated carbocycles. The molecule has 0 radical (unpaired) electrons. The molecule has 0 aromatic heterocycles. The Labute approximate surface area is 517 Å². The summed E-state index contributed by atoms with van der Waals surface area (Å²) in [5, 5.41) is 0. The second kappa shape index (κ2) is 71.6. The molecule has 0 saturated heterocycles. The molecule has 0 aliphatic rings. The van der Waals surface area contributed by atoms with Gasteiger partial charge < -0.3 is 14.2 Å². The van der Waals surface area contributed by atoms with Gasteiger partial charge in [0.15, 0.2) is 6.10 Å². The molecule has 1 atom stereocenters. The molecular weight excluding hydrogens is 1020 g/mol. The third-order valence-electron chi connectivity index (χ3n) is 16.5. The fourth-order valence-electron chi connectivity index (χ4n) is 10.9. The van der Waals surface area contributed by atoms with E-state index in [0.717, 1.165) is 83.5 Å². The van der Waals surface area contributed by atoms with E-state index in [1.54, 1.807) is 0 Å². The molecule has 0 spiro atoms. The van der Waals surface area contributed by atoms with Crippen LogP contribution in [0.15, 0.2) is 60.8 Å². The van der Waals surface area contributed by atoms with Gasteiger partial charge in [-0.3, -0.25) is 14.4 Å². The highest BCUT2D eigenvalue weighted by Gasteiger charge is 2.19.